The molecule has 2 heterocycles. The van der Waals surface area contributed by atoms with E-state index in [0.717, 1.165) is 49.6 Å². The van der Waals surface area contributed by atoms with Crippen molar-refractivity contribution in [3.05, 3.63) is 48.5 Å². The number of alkyl halides is 2. The van der Waals surface area contributed by atoms with Crippen LogP contribution in [-0.2, 0) is 4.79 Å². The highest BCUT2D eigenvalue weighted by molar-refractivity contribution is 5.92. The number of fused-ring (bicyclic) bond motifs is 1. The van der Waals surface area contributed by atoms with E-state index in [1.807, 2.05) is 24.3 Å². The third-order valence-corrected chi connectivity index (χ3v) is 5.00. The first-order valence-corrected chi connectivity index (χ1v) is 9.83. The maximum absolute atomic E-state index is 12.4. The smallest absolute Gasteiger partial charge is 0.387 e. The van der Waals surface area contributed by atoms with Crippen molar-refractivity contribution in [2.24, 2.45) is 0 Å². The van der Waals surface area contributed by atoms with Crippen LogP contribution in [0.1, 0.15) is 6.42 Å². The van der Waals surface area contributed by atoms with Crippen molar-refractivity contribution in [2.45, 2.75) is 13.0 Å². The van der Waals surface area contributed by atoms with E-state index in [1.54, 1.807) is 12.1 Å². The van der Waals surface area contributed by atoms with E-state index in [1.165, 1.54) is 12.1 Å². The fourth-order valence-corrected chi connectivity index (χ4v) is 3.55. The fraction of sp³-hybridized carbons (Fsp3) is 0.333. The molecule has 2 N–H and O–H groups in total. The van der Waals surface area contributed by atoms with Gasteiger partial charge in [-0.05, 0) is 42.8 Å². The molecule has 0 atom stereocenters. The highest BCUT2D eigenvalue weighted by Crippen LogP contribution is 2.19. The Morgan fingerprint density at radius 2 is 1.90 bits per heavy atom. The van der Waals surface area contributed by atoms with Crippen LogP contribution in [0.25, 0.3) is 11.0 Å². The van der Waals surface area contributed by atoms with Gasteiger partial charge in [0.15, 0.2) is 0 Å². The number of hydrogen-bond donors (Lipinski definition) is 2. The quantitative estimate of drug-likeness (QED) is 0.646. The number of aromatic nitrogens is 2. The zero-order valence-electron chi connectivity index (χ0n) is 16.4. The molecular formula is C21H23F2N5O2. The highest BCUT2D eigenvalue weighted by atomic mass is 19.3. The van der Waals surface area contributed by atoms with Gasteiger partial charge in [-0.2, -0.15) is 8.78 Å². The van der Waals surface area contributed by atoms with Crippen LogP contribution >= 0.6 is 0 Å². The van der Waals surface area contributed by atoms with Crippen LogP contribution in [0, 0.1) is 0 Å². The summed E-state index contributed by atoms with van der Waals surface area (Å²) < 4.78 is 28.7. The highest BCUT2D eigenvalue weighted by Gasteiger charge is 2.19. The number of imidazole rings is 1. The predicted octanol–water partition coefficient (Wildman–Crippen LogP) is 3.32. The summed E-state index contributed by atoms with van der Waals surface area (Å²) in [5.41, 5.74) is 2.50. The Balaban J connectivity index is 1.29. The Morgan fingerprint density at radius 1 is 1.10 bits per heavy atom. The van der Waals surface area contributed by atoms with Crippen LogP contribution in [0.15, 0.2) is 48.5 Å². The van der Waals surface area contributed by atoms with Gasteiger partial charge in [0.05, 0.1) is 17.6 Å². The minimum atomic E-state index is -2.87. The summed E-state index contributed by atoms with van der Waals surface area (Å²) in [4.78, 5) is 24.7. The van der Waals surface area contributed by atoms with Gasteiger partial charge in [-0.1, -0.05) is 12.1 Å². The zero-order valence-corrected chi connectivity index (χ0v) is 16.4. The molecule has 1 fully saturated rings. The third-order valence-electron chi connectivity index (χ3n) is 5.00. The number of aromatic amines is 1. The van der Waals surface area contributed by atoms with Crippen molar-refractivity contribution < 1.29 is 18.3 Å². The molecule has 1 amide bonds. The number of carbonyl (C=O) groups excluding carboxylic acids is 1. The van der Waals surface area contributed by atoms with Crippen LogP contribution in [-0.4, -0.2) is 60.1 Å². The summed E-state index contributed by atoms with van der Waals surface area (Å²) >= 11 is 0. The number of rotatable bonds is 6. The van der Waals surface area contributed by atoms with E-state index in [4.69, 9.17) is 0 Å². The molecule has 158 valence electrons. The molecule has 4 rings (SSSR count). The molecule has 1 aliphatic heterocycles. The molecule has 2 aromatic carbocycles. The van der Waals surface area contributed by atoms with Gasteiger partial charge < -0.3 is 19.9 Å². The molecule has 30 heavy (non-hydrogen) atoms. The zero-order chi connectivity index (χ0) is 20.9. The molecule has 1 saturated heterocycles. The molecule has 1 aromatic heterocycles. The Hall–Kier alpha value is -3.20. The van der Waals surface area contributed by atoms with Crippen molar-refractivity contribution in [3.63, 3.8) is 0 Å². The van der Waals surface area contributed by atoms with E-state index in [9.17, 15) is 13.6 Å². The van der Waals surface area contributed by atoms with E-state index in [0.29, 0.717) is 5.69 Å². The second-order valence-electron chi connectivity index (χ2n) is 7.15. The molecule has 1 aliphatic rings. The largest absolute Gasteiger partial charge is 0.435 e. The molecule has 0 unspecified atom stereocenters. The number of benzene rings is 2. The lowest BCUT2D eigenvalue weighted by molar-refractivity contribution is -0.117. The number of nitrogens with one attached hydrogen (secondary N) is 2. The summed E-state index contributed by atoms with van der Waals surface area (Å²) in [6, 6.07) is 13.8. The Labute approximate surface area is 172 Å². The van der Waals surface area contributed by atoms with Crippen molar-refractivity contribution in [3.8, 4) is 5.75 Å². The van der Waals surface area contributed by atoms with Crippen LogP contribution in [0.5, 0.6) is 5.75 Å². The van der Waals surface area contributed by atoms with Crippen molar-refractivity contribution in [1.82, 2.24) is 14.9 Å². The van der Waals surface area contributed by atoms with Crippen molar-refractivity contribution in [2.75, 3.05) is 42.9 Å². The van der Waals surface area contributed by atoms with Gasteiger partial charge in [0.25, 0.3) is 0 Å². The van der Waals surface area contributed by atoms with E-state index in [2.05, 4.69) is 29.8 Å². The number of ether oxygens (including phenoxy) is 1. The van der Waals surface area contributed by atoms with Gasteiger partial charge in [-0.25, -0.2) is 4.98 Å². The standard InChI is InChI=1S/C21H23F2N5O2/c22-20(23)30-16-8-6-15(7-9-16)24-19(29)14-27-10-3-11-28(13-12-27)21-25-17-4-1-2-5-18(17)26-21/h1-2,4-9,20H,3,10-14H2,(H,24,29)(H,25,26). The molecule has 9 heteroatoms. The number of amides is 1. The number of para-hydroxylation sites is 2. The van der Waals surface area contributed by atoms with Gasteiger partial charge in [0, 0.05) is 31.9 Å². The lowest BCUT2D eigenvalue weighted by Crippen LogP contribution is -2.36. The lowest BCUT2D eigenvalue weighted by Gasteiger charge is -2.21. The normalized spacial score (nSPS) is 15.4. The summed E-state index contributed by atoms with van der Waals surface area (Å²) in [6.07, 6.45) is 0.921. The number of halogens is 2. The predicted molar refractivity (Wildman–Crippen MR) is 111 cm³/mol. The molecular weight excluding hydrogens is 392 g/mol. The number of nitrogens with zero attached hydrogens (tertiary/aromatic N) is 3. The van der Waals surface area contributed by atoms with Gasteiger partial charge in [0.2, 0.25) is 11.9 Å². The Morgan fingerprint density at radius 3 is 2.67 bits per heavy atom. The van der Waals surface area contributed by atoms with Gasteiger partial charge >= 0.3 is 6.61 Å². The van der Waals surface area contributed by atoms with E-state index < -0.39 is 6.61 Å². The van der Waals surface area contributed by atoms with Gasteiger partial charge in [0.1, 0.15) is 5.75 Å². The SMILES string of the molecule is O=C(CN1CCCN(c2nc3ccccc3[nH]2)CC1)Nc1ccc(OC(F)F)cc1. The molecule has 0 spiro atoms. The summed E-state index contributed by atoms with van der Waals surface area (Å²) in [5, 5.41) is 2.80. The van der Waals surface area contributed by atoms with Gasteiger partial charge in [-0.15, -0.1) is 0 Å². The average molecular weight is 415 g/mol. The van der Waals surface area contributed by atoms with Crippen LogP contribution in [0.2, 0.25) is 0 Å². The molecule has 0 aliphatic carbocycles. The minimum absolute atomic E-state index is 0.0567. The van der Waals surface area contributed by atoms with Crippen LogP contribution < -0.4 is 15.0 Å². The number of H-pyrrole nitrogens is 1. The Kier molecular flexibility index (Phi) is 6.08. The van der Waals surface area contributed by atoms with Crippen molar-refractivity contribution in [1.29, 1.82) is 0 Å². The summed E-state index contributed by atoms with van der Waals surface area (Å²) in [5.74, 6) is 0.768. The van der Waals surface area contributed by atoms with E-state index >= 15 is 0 Å². The second kappa shape index (κ2) is 9.08. The maximum atomic E-state index is 12.4. The first-order chi connectivity index (χ1) is 14.6. The number of anilines is 2. The van der Waals surface area contributed by atoms with Gasteiger partial charge in [-0.3, -0.25) is 9.69 Å². The minimum Gasteiger partial charge on any atom is -0.435 e. The maximum Gasteiger partial charge on any atom is 0.387 e. The van der Waals surface area contributed by atoms with E-state index in [-0.39, 0.29) is 18.2 Å². The molecule has 0 saturated carbocycles. The summed E-state index contributed by atoms with van der Waals surface area (Å²) in [7, 11) is 0. The first kappa shape index (κ1) is 20.1. The molecule has 7 nitrogen and oxygen atoms in total. The average Bonchev–Trinajstić information content (AvgIpc) is 3.02. The van der Waals surface area contributed by atoms with Crippen molar-refractivity contribution >= 4 is 28.6 Å². The topological polar surface area (TPSA) is 73.5 Å². The molecule has 0 radical (unpaired) electrons. The van der Waals surface area contributed by atoms with Crippen LogP contribution in [0.4, 0.5) is 20.4 Å². The second-order valence-corrected chi connectivity index (χ2v) is 7.15. The monoisotopic (exact) mass is 415 g/mol. The Bertz CT molecular complexity index is 959. The number of hydrogen-bond acceptors (Lipinski definition) is 5. The molecule has 0 bridgehead atoms. The first-order valence-electron chi connectivity index (χ1n) is 9.83. The number of carbonyl (C=O) groups is 1. The third kappa shape index (κ3) is 5.04. The fourth-order valence-electron chi connectivity index (χ4n) is 3.55. The summed E-state index contributed by atoms with van der Waals surface area (Å²) in [6.45, 7) is 0.587. The van der Waals surface area contributed by atoms with Crippen LogP contribution in [0.3, 0.4) is 0 Å². The lowest BCUT2D eigenvalue weighted by atomic mass is 10.3. The molecule has 3 aromatic rings.